The Bertz CT molecular complexity index is 607. The van der Waals surface area contributed by atoms with E-state index < -0.39 is 10.0 Å². The van der Waals surface area contributed by atoms with Gasteiger partial charge < -0.3 is 15.4 Å². The summed E-state index contributed by atoms with van der Waals surface area (Å²) in [5, 5.41) is 5.64. The molecule has 1 aromatic carbocycles. The number of carbonyl (C=O) groups excluding carboxylic acids is 1. The third-order valence-electron chi connectivity index (χ3n) is 2.64. The van der Waals surface area contributed by atoms with Crippen LogP contribution in [0.2, 0.25) is 0 Å². The summed E-state index contributed by atoms with van der Waals surface area (Å²) >= 11 is 3.25. The minimum atomic E-state index is -3.58. The normalized spacial score (nSPS) is 11.4. The van der Waals surface area contributed by atoms with E-state index in [1.807, 2.05) is 0 Å². The van der Waals surface area contributed by atoms with Gasteiger partial charge in [-0.2, -0.15) is 0 Å². The Morgan fingerprint density at radius 2 is 2.00 bits per heavy atom. The van der Waals surface area contributed by atoms with Crippen molar-refractivity contribution in [2.75, 3.05) is 38.7 Å². The number of amides is 1. The van der Waals surface area contributed by atoms with Crippen LogP contribution in [-0.4, -0.2) is 47.7 Å². The van der Waals surface area contributed by atoms with Gasteiger partial charge in [0.1, 0.15) is 0 Å². The Hall–Kier alpha value is -1.00. The van der Waals surface area contributed by atoms with E-state index in [9.17, 15) is 13.2 Å². The van der Waals surface area contributed by atoms with E-state index in [4.69, 9.17) is 4.74 Å². The van der Waals surface area contributed by atoms with E-state index in [0.29, 0.717) is 29.9 Å². The van der Waals surface area contributed by atoms with Gasteiger partial charge in [-0.05, 0) is 34.1 Å². The number of halogens is 1. The van der Waals surface area contributed by atoms with Gasteiger partial charge in [0.15, 0.2) is 0 Å². The Morgan fingerprint density at radius 1 is 1.27 bits per heavy atom. The highest BCUT2D eigenvalue weighted by molar-refractivity contribution is 9.10. The fraction of sp³-hybridized carbons (Fsp3) is 0.462. The molecule has 0 aliphatic rings. The van der Waals surface area contributed by atoms with Crippen LogP contribution < -0.4 is 15.4 Å². The summed E-state index contributed by atoms with van der Waals surface area (Å²) in [7, 11) is -1.98. The summed E-state index contributed by atoms with van der Waals surface area (Å²) in [5.74, 6) is -0.225. The highest BCUT2D eigenvalue weighted by Gasteiger charge is 2.15. The molecule has 0 aliphatic heterocycles. The maximum absolute atomic E-state index is 12.1. The molecule has 0 atom stereocenters. The number of sulfonamides is 1. The summed E-state index contributed by atoms with van der Waals surface area (Å²) in [5.41, 5.74) is 0.521. The fourth-order valence-corrected chi connectivity index (χ4v) is 3.30. The zero-order chi connectivity index (χ0) is 16.6. The van der Waals surface area contributed by atoms with E-state index in [1.54, 1.807) is 7.11 Å². The standard InChI is InChI=1S/C13H20BrN3O4S/c1-10(18)17-13-4-3-11(9-12(13)14)22(19,20)16-6-5-15-7-8-21-2/h3-4,9,15-16H,5-8H2,1-2H3,(H,17,18). The fourth-order valence-electron chi connectivity index (χ4n) is 1.61. The van der Waals surface area contributed by atoms with E-state index in [0.717, 1.165) is 0 Å². The first kappa shape index (κ1) is 19.0. The molecule has 0 bridgehead atoms. The lowest BCUT2D eigenvalue weighted by Gasteiger charge is -2.10. The Kier molecular flexibility index (Phi) is 7.97. The monoisotopic (exact) mass is 393 g/mol. The first-order valence-corrected chi connectivity index (χ1v) is 8.91. The molecule has 0 unspecified atom stereocenters. The minimum absolute atomic E-state index is 0.130. The van der Waals surface area contributed by atoms with Crippen LogP contribution in [0.3, 0.4) is 0 Å². The summed E-state index contributed by atoms with van der Waals surface area (Å²) in [4.78, 5) is 11.1. The molecule has 0 saturated carbocycles. The molecule has 7 nitrogen and oxygen atoms in total. The van der Waals surface area contributed by atoms with Crippen molar-refractivity contribution in [1.29, 1.82) is 0 Å². The van der Waals surface area contributed by atoms with Crippen LogP contribution in [-0.2, 0) is 19.6 Å². The number of hydrogen-bond acceptors (Lipinski definition) is 5. The van der Waals surface area contributed by atoms with Gasteiger partial charge in [-0.3, -0.25) is 4.79 Å². The van der Waals surface area contributed by atoms with Crippen molar-refractivity contribution in [2.24, 2.45) is 0 Å². The second-order valence-corrected chi connectivity index (χ2v) is 7.08. The molecule has 1 rings (SSSR count). The van der Waals surface area contributed by atoms with Crippen molar-refractivity contribution in [3.8, 4) is 0 Å². The number of benzene rings is 1. The second kappa shape index (κ2) is 9.21. The Balaban J connectivity index is 2.61. The Morgan fingerprint density at radius 3 is 2.59 bits per heavy atom. The smallest absolute Gasteiger partial charge is 0.240 e. The van der Waals surface area contributed by atoms with Gasteiger partial charge in [0.05, 0.1) is 17.2 Å². The molecule has 0 aromatic heterocycles. The van der Waals surface area contributed by atoms with E-state index in [2.05, 4.69) is 31.3 Å². The maximum Gasteiger partial charge on any atom is 0.240 e. The number of carbonyl (C=O) groups is 1. The molecule has 0 saturated heterocycles. The zero-order valence-electron chi connectivity index (χ0n) is 12.5. The lowest BCUT2D eigenvalue weighted by atomic mass is 10.3. The quantitative estimate of drug-likeness (QED) is 0.542. The van der Waals surface area contributed by atoms with Crippen LogP contribution in [0.15, 0.2) is 27.6 Å². The van der Waals surface area contributed by atoms with Gasteiger partial charge in [-0.1, -0.05) is 0 Å². The van der Waals surface area contributed by atoms with Crippen molar-refractivity contribution in [2.45, 2.75) is 11.8 Å². The van der Waals surface area contributed by atoms with Crippen LogP contribution in [0.1, 0.15) is 6.92 Å². The number of nitrogens with one attached hydrogen (secondary N) is 3. The van der Waals surface area contributed by atoms with Crippen LogP contribution in [0, 0.1) is 0 Å². The molecule has 0 heterocycles. The van der Waals surface area contributed by atoms with Crippen molar-refractivity contribution in [3.05, 3.63) is 22.7 Å². The van der Waals surface area contributed by atoms with Gasteiger partial charge in [-0.25, -0.2) is 13.1 Å². The predicted octanol–water partition coefficient (Wildman–Crippen LogP) is 0.922. The number of anilines is 1. The van der Waals surface area contributed by atoms with E-state index in [-0.39, 0.29) is 17.3 Å². The van der Waals surface area contributed by atoms with Crippen molar-refractivity contribution < 1.29 is 17.9 Å². The Labute approximate surface area is 139 Å². The second-order valence-electron chi connectivity index (χ2n) is 4.46. The van der Waals surface area contributed by atoms with E-state index >= 15 is 0 Å². The van der Waals surface area contributed by atoms with Crippen molar-refractivity contribution >= 4 is 37.5 Å². The average molecular weight is 394 g/mol. The summed E-state index contributed by atoms with van der Waals surface area (Å²) in [6, 6.07) is 4.43. The molecule has 124 valence electrons. The summed E-state index contributed by atoms with van der Waals surface area (Å²) in [6.45, 7) is 3.40. The third-order valence-corrected chi connectivity index (χ3v) is 4.75. The minimum Gasteiger partial charge on any atom is -0.383 e. The molecule has 22 heavy (non-hydrogen) atoms. The largest absolute Gasteiger partial charge is 0.383 e. The summed E-state index contributed by atoms with van der Waals surface area (Å²) in [6.07, 6.45) is 0. The molecule has 0 radical (unpaired) electrons. The highest BCUT2D eigenvalue weighted by Crippen LogP contribution is 2.25. The van der Waals surface area contributed by atoms with Gasteiger partial charge >= 0.3 is 0 Å². The number of methoxy groups -OCH3 is 1. The molecule has 3 N–H and O–H groups in total. The van der Waals surface area contributed by atoms with Crippen molar-refractivity contribution in [3.63, 3.8) is 0 Å². The lowest BCUT2D eigenvalue weighted by molar-refractivity contribution is -0.114. The first-order chi connectivity index (χ1) is 10.4. The number of hydrogen-bond donors (Lipinski definition) is 3. The van der Waals surface area contributed by atoms with Gasteiger partial charge in [-0.15, -0.1) is 0 Å². The van der Waals surface area contributed by atoms with Gasteiger partial charge in [0, 0.05) is 38.1 Å². The van der Waals surface area contributed by atoms with Crippen molar-refractivity contribution in [1.82, 2.24) is 10.0 Å². The summed E-state index contributed by atoms with van der Waals surface area (Å²) < 4.78 is 32.1. The van der Waals surface area contributed by atoms with Crippen LogP contribution in [0.5, 0.6) is 0 Å². The van der Waals surface area contributed by atoms with Crippen LogP contribution >= 0.6 is 15.9 Å². The number of rotatable bonds is 9. The SMILES string of the molecule is COCCNCCNS(=O)(=O)c1ccc(NC(C)=O)c(Br)c1. The maximum atomic E-state index is 12.1. The molecule has 0 fully saturated rings. The highest BCUT2D eigenvalue weighted by atomic mass is 79.9. The molecule has 9 heteroatoms. The molecular weight excluding hydrogens is 374 g/mol. The van der Waals surface area contributed by atoms with Crippen LogP contribution in [0.4, 0.5) is 5.69 Å². The molecule has 1 aromatic rings. The molecule has 1 amide bonds. The molecule has 0 aliphatic carbocycles. The topological polar surface area (TPSA) is 96.5 Å². The van der Waals surface area contributed by atoms with E-state index in [1.165, 1.54) is 25.1 Å². The van der Waals surface area contributed by atoms with Crippen LogP contribution in [0.25, 0.3) is 0 Å². The number of ether oxygens (including phenoxy) is 1. The first-order valence-electron chi connectivity index (χ1n) is 6.63. The van der Waals surface area contributed by atoms with Gasteiger partial charge in [0.25, 0.3) is 0 Å². The van der Waals surface area contributed by atoms with Gasteiger partial charge in [0.2, 0.25) is 15.9 Å². The predicted molar refractivity (Wildman–Crippen MR) is 88.4 cm³/mol. The molecular formula is C13H20BrN3O4S. The lowest BCUT2D eigenvalue weighted by Crippen LogP contribution is -2.33. The average Bonchev–Trinajstić information content (AvgIpc) is 2.44. The zero-order valence-corrected chi connectivity index (χ0v) is 14.9. The molecule has 0 spiro atoms. The third kappa shape index (κ3) is 6.41.